The lowest BCUT2D eigenvalue weighted by Crippen LogP contribution is -2.45. The van der Waals surface area contributed by atoms with Crippen LogP contribution in [-0.4, -0.2) is 57.3 Å². The fourth-order valence-corrected chi connectivity index (χ4v) is 7.49. The lowest BCUT2D eigenvalue weighted by molar-refractivity contribution is -0.138. The number of ether oxygens (including phenoxy) is 1. The number of aryl methyl sites for hydroxylation is 2. The third-order valence-electron chi connectivity index (χ3n) is 8.57. The normalized spacial score (nSPS) is 14.0. The van der Waals surface area contributed by atoms with Crippen molar-refractivity contribution in [3.63, 3.8) is 0 Å². The van der Waals surface area contributed by atoms with Crippen LogP contribution in [0.1, 0.15) is 45.5 Å². The minimum Gasteiger partial charge on any atom is -0.491 e. The second-order valence-corrected chi connectivity index (χ2v) is 13.1. The van der Waals surface area contributed by atoms with Crippen molar-refractivity contribution in [2.24, 2.45) is 5.92 Å². The van der Waals surface area contributed by atoms with Crippen molar-refractivity contribution in [2.45, 2.75) is 39.4 Å². The molecule has 14 heteroatoms. The van der Waals surface area contributed by atoms with E-state index < -0.39 is 23.3 Å². The first kappa shape index (κ1) is 33.4. The second-order valence-electron chi connectivity index (χ2n) is 11.8. The highest BCUT2D eigenvalue weighted by atomic mass is 35.5. The Morgan fingerprint density at radius 2 is 1.96 bits per heavy atom. The van der Waals surface area contributed by atoms with Crippen LogP contribution in [0.2, 0.25) is 5.02 Å². The van der Waals surface area contributed by atoms with Crippen LogP contribution in [0.25, 0.3) is 32.2 Å². The summed E-state index contributed by atoms with van der Waals surface area (Å²) in [6.45, 7) is 4.57. The predicted molar refractivity (Wildman–Crippen MR) is 177 cm³/mol. The third kappa shape index (κ3) is 6.11. The molecule has 0 radical (unpaired) electrons. The van der Waals surface area contributed by atoms with Gasteiger partial charge >= 0.3 is 12.1 Å². The Bertz CT molecular complexity index is 2200. The van der Waals surface area contributed by atoms with Crippen LogP contribution in [0.4, 0.5) is 13.2 Å². The summed E-state index contributed by atoms with van der Waals surface area (Å²) in [5, 5.41) is 21.6. The first-order valence-electron chi connectivity index (χ1n) is 15.1. The largest absolute Gasteiger partial charge is 0.491 e. The van der Waals surface area contributed by atoms with Crippen molar-refractivity contribution in [1.82, 2.24) is 19.4 Å². The van der Waals surface area contributed by atoms with E-state index in [2.05, 4.69) is 9.97 Å². The van der Waals surface area contributed by atoms with Crippen LogP contribution in [0.3, 0.4) is 0 Å². The molecule has 0 amide bonds. The van der Waals surface area contributed by atoms with Gasteiger partial charge in [-0.2, -0.15) is 18.4 Å². The van der Waals surface area contributed by atoms with E-state index in [9.17, 15) is 33.1 Å². The molecule has 48 heavy (non-hydrogen) atoms. The molecule has 1 aliphatic heterocycles. The van der Waals surface area contributed by atoms with E-state index in [1.54, 1.807) is 23.6 Å². The van der Waals surface area contributed by atoms with Gasteiger partial charge in [0, 0.05) is 40.3 Å². The number of nitriles is 1. The van der Waals surface area contributed by atoms with Crippen LogP contribution >= 0.6 is 22.9 Å². The first-order valence-corrected chi connectivity index (χ1v) is 16.4. The highest BCUT2D eigenvalue weighted by Gasteiger charge is 2.38. The van der Waals surface area contributed by atoms with E-state index in [0.29, 0.717) is 57.3 Å². The molecular weight excluding hydrogens is 667 g/mol. The molecule has 4 heterocycles. The van der Waals surface area contributed by atoms with Gasteiger partial charge < -0.3 is 14.7 Å². The van der Waals surface area contributed by atoms with E-state index >= 15 is 0 Å². The summed E-state index contributed by atoms with van der Waals surface area (Å²) in [5.74, 6) is -0.569. The summed E-state index contributed by atoms with van der Waals surface area (Å²) < 4.78 is 50.8. The Hall–Kier alpha value is -4.51. The first-order chi connectivity index (χ1) is 22.8. The van der Waals surface area contributed by atoms with E-state index in [4.69, 9.17) is 16.3 Å². The van der Waals surface area contributed by atoms with Crippen molar-refractivity contribution >= 4 is 50.0 Å². The lowest BCUT2D eigenvalue weighted by Gasteiger charge is -2.37. The molecule has 248 valence electrons. The molecule has 0 unspecified atom stereocenters. The van der Waals surface area contributed by atoms with Crippen LogP contribution < -0.4 is 10.3 Å². The van der Waals surface area contributed by atoms with Crippen molar-refractivity contribution in [3.8, 4) is 22.9 Å². The molecular formula is C34H29ClF3N5O4S. The summed E-state index contributed by atoms with van der Waals surface area (Å²) in [6.07, 6.45) is -4.15. The Morgan fingerprint density at radius 1 is 1.21 bits per heavy atom. The predicted octanol–water partition coefficient (Wildman–Crippen LogP) is 6.97. The minimum absolute atomic E-state index is 0.0154. The smallest absolute Gasteiger partial charge is 0.416 e. The number of carbonyl (C=O) groups is 1. The van der Waals surface area contributed by atoms with E-state index in [0.717, 1.165) is 6.07 Å². The number of rotatable bonds is 9. The van der Waals surface area contributed by atoms with Crippen LogP contribution in [0, 0.1) is 24.2 Å². The Kier molecular flexibility index (Phi) is 8.93. The number of aromatic nitrogens is 3. The zero-order chi connectivity index (χ0) is 34.5. The van der Waals surface area contributed by atoms with Gasteiger partial charge in [-0.15, -0.1) is 11.3 Å². The number of carboxylic acids is 1. The molecule has 3 aromatic heterocycles. The molecule has 1 N–H and O–H groups in total. The topological polar surface area (TPSA) is 121 Å². The lowest BCUT2D eigenvalue weighted by atomic mass is 9.86. The molecule has 0 atom stereocenters. The van der Waals surface area contributed by atoms with Crippen molar-refractivity contribution in [3.05, 3.63) is 84.9 Å². The van der Waals surface area contributed by atoms with Gasteiger partial charge in [0.2, 0.25) is 0 Å². The number of benzene rings is 2. The fourth-order valence-electron chi connectivity index (χ4n) is 6.31. The quantitative estimate of drug-likeness (QED) is 0.176. The zero-order valence-corrected chi connectivity index (χ0v) is 27.7. The van der Waals surface area contributed by atoms with Gasteiger partial charge in [0.05, 0.1) is 44.4 Å². The monoisotopic (exact) mass is 695 g/mol. The highest BCUT2D eigenvalue weighted by Crippen LogP contribution is 2.41. The summed E-state index contributed by atoms with van der Waals surface area (Å²) in [7, 11) is 1.87. The van der Waals surface area contributed by atoms with Gasteiger partial charge in [0.1, 0.15) is 24.3 Å². The zero-order valence-electron chi connectivity index (χ0n) is 26.1. The molecule has 1 fully saturated rings. The summed E-state index contributed by atoms with van der Waals surface area (Å²) in [6, 6.07) is 9.66. The summed E-state index contributed by atoms with van der Waals surface area (Å²) in [4.78, 5) is 36.6. The maximum Gasteiger partial charge on any atom is 0.416 e. The van der Waals surface area contributed by atoms with Gasteiger partial charge in [-0.05, 0) is 68.6 Å². The molecule has 5 aromatic rings. The fraction of sp³-hybridized carbons (Fsp3) is 0.324. The van der Waals surface area contributed by atoms with Crippen LogP contribution in [0.15, 0.2) is 40.5 Å². The van der Waals surface area contributed by atoms with Gasteiger partial charge in [0.15, 0.2) is 0 Å². The van der Waals surface area contributed by atoms with Gasteiger partial charge in [0.25, 0.3) is 5.56 Å². The van der Waals surface area contributed by atoms with Gasteiger partial charge in [-0.1, -0.05) is 18.5 Å². The molecule has 2 aromatic carbocycles. The average molecular weight is 696 g/mol. The number of thiophene rings is 1. The second kappa shape index (κ2) is 12.8. The highest BCUT2D eigenvalue weighted by molar-refractivity contribution is 7.18. The maximum absolute atomic E-state index is 14.2. The molecule has 0 bridgehead atoms. The molecule has 0 spiro atoms. The molecule has 9 nitrogen and oxygen atoms in total. The average Bonchev–Trinajstić information content (AvgIpc) is 3.45. The molecule has 1 aliphatic rings. The number of hydrogen-bond donors (Lipinski definition) is 1. The number of halogens is 4. The molecule has 6 rings (SSSR count). The standard InChI is InChI=1S/C34H29ClF3N5O4S/c1-4-20-11-23(31-30(41-20)25(16-48-31)33(45)46)22-10-19(35)5-6-28(22)47-8-7-43-17(2)40-27-12-26(34(36,37)38)21(9-18-14-42(3)15-18)24(13-39)29(27)32(43)44/h5-6,10-12,16,18H,4,7-9,14-15H2,1-3H3,(H,45,46). The number of alkyl halides is 3. The Morgan fingerprint density at radius 3 is 2.60 bits per heavy atom. The third-order valence-corrected chi connectivity index (χ3v) is 9.81. The van der Waals surface area contributed by atoms with Crippen LogP contribution in [0.5, 0.6) is 5.75 Å². The number of nitrogens with zero attached hydrogens (tertiary/aromatic N) is 5. The number of carboxylic acid groups (broad SMARTS) is 1. The molecule has 0 saturated carbocycles. The number of likely N-dealkylation sites (tertiary alicyclic amines) is 1. The van der Waals surface area contributed by atoms with E-state index in [1.165, 1.54) is 22.8 Å². The van der Waals surface area contributed by atoms with Gasteiger partial charge in [-0.3, -0.25) is 14.3 Å². The number of hydrogen-bond acceptors (Lipinski definition) is 8. The van der Waals surface area contributed by atoms with Crippen molar-refractivity contribution in [1.29, 1.82) is 5.26 Å². The number of aromatic carboxylic acids is 1. The van der Waals surface area contributed by atoms with E-state index in [1.807, 2.05) is 31.0 Å². The van der Waals surface area contributed by atoms with Gasteiger partial charge in [-0.25, -0.2) is 9.78 Å². The molecule has 1 saturated heterocycles. The minimum atomic E-state index is -4.73. The van der Waals surface area contributed by atoms with E-state index in [-0.39, 0.29) is 58.9 Å². The number of fused-ring (bicyclic) bond motifs is 2. The SMILES string of the molecule is CCc1cc(-c2cc(Cl)ccc2OCCn2c(C)nc3cc(C(F)(F)F)c(CC4CN(C)C4)c(C#N)c3c2=O)c2scc(C(=O)O)c2n1. The summed E-state index contributed by atoms with van der Waals surface area (Å²) >= 11 is 7.64. The van der Waals surface area contributed by atoms with Crippen LogP contribution in [-0.2, 0) is 25.6 Å². The maximum atomic E-state index is 14.2. The Labute approximate surface area is 281 Å². The number of pyridine rings is 1. The Balaban J connectivity index is 1.37. The van der Waals surface area contributed by atoms with Crippen molar-refractivity contribution in [2.75, 3.05) is 26.7 Å². The summed E-state index contributed by atoms with van der Waals surface area (Å²) in [5.41, 5.74) is 0.198. The van der Waals surface area contributed by atoms with Crippen molar-refractivity contribution < 1.29 is 27.8 Å². The molecule has 0 aliphatic carbocycles.